The molecule has 0 aliphatic rings. The smallest absolute Gasteiger partial charge is 0.161 e. The van der Waals surface area contributed by atoms with Gasteiger partial charge in [0.25, 0.3) is 0 Å². The van der Waals surface area contributed by atoms with Crippen LogP contribution in [0.5, 0.6) is 0 Å². The number of hydrogen-bond acceptors (Lipinski definition) is 2. The van der Waals surface area contributed by atoms with Crippen LogP contribution in [0.3, 0.4) is 0 Å². The highest BCUT2D eigenvalue weighted by molar-refractivity contribution is 6.33. The van der Waals surface area contributed by atoms with E-state index in [1.165, 1.54) is 0 Å². The van der Waals surface area contributed by atoms with E-state index in [-0.39, 0.29) is 0 Å². The van der Waals surface area contributed by atoms with Gasteiger partial charge in [0.2, 0.25) is 0 Å². The van der Waals surface area contributed by atoms with Gasteiger partial charge < -0.3 is 0 Å². The summed E-state index contributed by atoms with van der Waals surface area (Å²) in [4.78, 5) is 9.53. The minimum atomic E-state index is 0.630. The third-order valence-corrected chi connectivity index (χ3v) is 4.31. The molecule has 0 aliphatic carbocycles. The van der Waals surface area contributed by atoms with Crippen LogP contribution in [0.25, 0.3) is 33.9 Å². The Morgan fingerprint density at radius 1 is 0.560 bits per heavy atom. The fraction of sp³-hybridized carbons (Fsp3) is 0. The van der Waals surface area contributed by atoms with Crippen LogP contribution in [0.2, 0.25) is 5.02 Å². The van der Waals surface area contributed by atoms with E-state index >= 15 is 0 Å². The molecule has 3 heteroatoms. The first kappa shape index (κ1) is 15.6. The highest BCUT2D eigenvalue weighted by atomic mass is 35.5. The molecule has 3 aromatic carbocycles. The van der Waals surface area contributed by atoms with Gasteiger partial charge in [-0.1, -0.05) is 84.4 Å². The minimum absolute atomic E-state index is 0.630. The van der Waals surface area contributed by atoms with Crippen LogP contribution in [0.15, 0.2) is 91.0 Å². The fourth-order valence-corrected chi connectivity index (χ4v) is 2.94. The molecule has 0 N–H and O–H groups in total. The normalized spacial score (nSPS) is 10.6. The minimum Gasteiger partial charge on any atom is -0.228 e. The Hall–Kier alpha value is -2.97. The number of hydrogen-bond donors (Lipinski definition) is 0. The summed E-state index contributed by atoms with van der Waals surface area (Å²) < 4.78 is 0. The van der Waals surface area contributed by atoms with Crippen LogP contribution >= 0.6 is 11.6 Å². The SMILES string of the molecule is Clc1ccccc1-c1nc(-c2ccccc2)cc(-c2ccccc2)n1. The van der Waals surface area contributed by atoms with E-state index in [4.69, 9.17) is 21.6 Å². The monoisotopic (exact) mass is 342 g/mol. The molecule has 0 saturated heterocycles. The topological polar surface area (TPSA) is 25.8 Å². The summed E-state index contributed by atoms with van der Waals surface area (Å²) in [6.07, 6.45) is 0. The van der Waals surface area contributed by atoms with Crippen LogP contribution in [-0.2, 0) is 0 Å². The van der Waals surface area contributed by atoms with Crippen molar-refractivity contribution in [2.24, 2.45) is 0 Å². The van der Waals surface area contributed by atoms with Gasteiger partial charge in [0.05, 0.1) is 16.4 Å². The Labute approximate surface area is 151 Å². The third-order valence-electron chi connectivity index (χ3n) is 3.98. The van der Waals surface area contributed by atoms with Crippen LogP contribution in [0.1, 0.15) is 0 Å². The summed E-state index contributed by atoms with van der Waals surface area (Å²) in [5.41, 5.74) is 4.69. The van der Waals surface area contributed by atoms with Crippen LogP contribution in [0, 0.1) is 0 Å². The van der Waals surface area contributed by atoms with Gasteiger partial charge in [-0.3, -0.25) is 0 Å². The van der Waals surface area contributed by atoms with Crippen molar-refractivity contribution in [2.45, 2.75) is 0 Å². The second-order valence-electron chi connectivity index (χ2n) is 5.67. The summed E-state index contributed by atoms with van der Waals surface area (Å²) in [6, 6.07) is 29.9. The number of aromatic nitrogens is 2. The number of benzene rings is 3. The molecule has 120 valence electrons. The van der Waals surface area contributed by atoms with Crippen molar-refractivity contribution >= 4 is 11.6 Å². The summed E-state index contributed by atoms with van der Waals surface area (Å²) >= 11 is 6.38. The average Bonchev–Trinajstić information content (AvgIpc) is 2.69. The predicted molar refractivity (Wildman–Crippen MR) is 103 cm³/mol. The zero-order valence-corrected chi connectivity index (χ0v) is 14.2. The van der Waals surface area contributed by atoms with Gasteiger partial charge in [-0.25, -0.2) is 9.97 Å². The molecule has 0 unspecified atom stereocenters. The molecule has 0 fully saturated rings. The summed E-state index contributed by atoms with van der Waals surface area (Å²) in [6.45, 7) is 0. The largest absolute Gasteiger partial charge is 0.228 e. The number of rotatable bonds is 3. The quantitative estimate of drug-likeness (QED) is 0.447. The maximum absolute atomic E-state index is 6.38. The van der Waals surface area contributed by atoms with Crippen molar-refractivity contribution in [1.82, 2.24) is 9.97 Å². The molecule has 1 heterocycles. The second-order valence-corrected chi connectivity index (χ2v) is 6.08. The molecular formula is C22H15ClN2. The maximum Gasteiger partial charge on any atom is 0.161 e. The Balaban J connectivity index is 1.94. The molecule has 1 aromatic heterocycles. The summed E-state index contributed by atoms with van der Waals surface area (Å²) in [5, 5.41) is 0.645. The van der Waals surface area contributed by atoms with E-state index in [1.54, 1.807) is 0 Å². The Kier molecular flexibility index (Phi) is 4.28. The molecule has 0 aliphatic heterocycles. The van der Waals surface area contributed by atoms with Crippen LogP contribution in [0.4, 0.5) is 0 Å². The molecule has 0 spiro atoms. The lowest BCUT2D eigenvalue weighted by atomic mass is 10.1. The molecule has 0 saturated carbocycles. The predicted octanol–water partition coefficient (Wildman–Crippen LogP) is 6.13. The Morgan fingerprint density at radius 3 is 1.56 bits per heavy atom. The third kappa shape index (κ3) is 3.30. The molecule has 2 nitrogen and oxygen atoms in total. The lowest BCUT2D eigenvalue weighted by molar-refractivity contribution is 1.18. The zero-order chi connectivity index (χ0) is 17.1. The molecule has 0 bridgehead atoms. The van der Waals surface area contributed by atoms with E-state index in [1.807, 2.05) is 91.0 Å². The van der Waals surface area contributed by atoms with Crippen LogP contribution in [-0.4, -0.2) is 9.97 Å². The van der Waals surface area contributed by atoms with Gasteiger partial charge >= 0.3 is 0 Å². The first-order valence-electron chi connectivity index (χ1n) is 8.06. The van der Waals surface area contributed by atoms with Gasteiger partial charge in [-0.15, -0.1) is 0 Å². The van der Waals surface area contributed by atoms with Gasteiger partial charge in [-0.05, 0) is 18.2 Å². The van der Waals surface area contributed by atoms with Gasteiger partial charge in [0.15, 0.2) is 5.82 Å². The van der Waals surface area contributed by atoms with E-state index in [0.717, 1.165) is 28.1 Å². The van der Waals surface area contributed by atoms with Crippen molar-refractivity contribution in [2.75, 3.05) is 0 Å². The van der Waals surface area contributed by atoms with E-state index < -0.39 is 0 Å². The molecule has 0 amide bonds. The molecule has 4 aromatic rings. The Bertz CT molecular complexity index is 941. The second kappa shape index (κ2) is 6.88. The standard InChI is InChI=1S/C22H15ClN2/c23-19-14-8-7-13-18(19)22-24-20(16-9-3-1-4-10-16)15-21(25-22)17-11-5-2-6-12-17/h1-15H. The zero-order valence-electron chi connectivity index (χ0n) is 13.4. The molecule has 4 rings (SSSR count). The lowest BCUT2D eigenvalue weighted by Gasteiger charge is -2.10. The van der Waals surface area contributed by atoms with Crippen molar-refractivity contribution in [3.8, 4) is 33.9 Å². The van der Waals surface area contributed by atoms with Crippen molar-refractivity contribution in [3.05, 3.63) is 96.0 Å². The average molecular weight is 343 g/mol. The van der Waals surface area contributed by atoms with Gasteiger partial charge in [0.1, 0.15) is 0 Å². The summed E-state index contributed by atoms with van der Waals surface area (Å²) in [7, 11) is 0. The Morgan fingerprint density at radius 2 is 1.04 bits per heavy atom. The van der Waals surface area contributed by atoms with Crippen molar-refractivity contribution < 1.29 is 0 Å². The highest BCUT2D eigenvalue weighted by Gasteiger charge is 2.12. The van der Waals surface area contributed by atoms with Crippen molar-refractivity contribution in [3.63, 3.8) is 0 Å². The first-order chi connectivity index (χ1) is 12.3. The van der Waals surface area contributed by atoms with Crippen LogP contribution < -0.4 is 0 Å². The lowest BCUT2D eigenvalue weighted by Crippen LogP contribution is -1.96. The van der Waals surface area contributed by atoms with Crippen molar-refractivity contribution in [1.29, 1.82) is 0 Å². The van der Waals surface area contributed by atoms with Gasteiger partial charge in [-0.2, -0.15) is 0 Å². The van der Waals surface area contributed by atoms with E-state index in [0.29, 0.717) is 10.8 Å². The molecular weight excluding hydrogens is 328 g/mol. The number of nitrogens with zero attached hydrogens (tertiary/aromatic N) is 2. The van der Waals surface area contributed by atoms with Gasteiger partial charge in [0, 0.05) is 16.7 Å². The molecule has 0 radical (unpaired) electrons. The van der Waals surface area contributed by atoms with E-state index in [9.17, 15) is 0 Å². The van der Waals surface area contributed by atoms with E-state index in [2.05, 4.69) is 0 Å². The molecule has 25 heavy (non-hydrogen) atoms. The number of halogens is 1. The molecule has 0 atom stereocenters. The first-order valence-corrected chi connectivity index (χ1v) is 8.44. The maximum atomic E-state index is 6.38. The summed E-state index contributed by atoms with van der Waals surface area (Å²) in [5.74, 6) is 0.630. The fourth-order valence-electron chi connectivity index (χ4n) is 2.72. The highest BCUT2D eigenvalue weighted by Crippen LogP contribution is 2.30.